The van der Waals surface area contributed by atoms with E-state index in [4.69, 9.17) is 0 Å². The molecular formula is C18H24FN3O4S. The third-order valence-electron chi connectivity index (χ3n) is 5.02. The van der Waals surface area contributed by atoms with Crippen LogP contribution in [0.4, 0.5) is 4.39 Å². The van der Waals surface area contributed by atoms with E-state index in [-0.39, 0.29) is 30.3 Å². The first-order valence-corrected chi connectivity index (χ1v) is 10.7. The largest absolute Gasteiger partial charge is 0.354 e. The van der Waals surface area contributed by atoms with Crippen molar-refractivity contribution in [1.29, 1.82) is 0 Å². The van der Waals surface area contributed by atoms with Crippen molar-refractivity contribution in [2.24, 2.45) is 0 Å². The van der Waals surface area contributed by atoms with E-state index >= 15 is 0 Å². The van der Waals surface area contributed by atoms with Crippen LogP contribution >= 0.6 is 0 Å². The van der Waals surface area contributed by atoms with Crippen molar-refractivity contribution in [1.82, 2.24) is 14.5 Å². The van der Waals surface area contributed by atoms with Gasteiger partial charge in [-0.05, 0) is 49.9 Å². The maximum absolute atomic E-state index is 13.1. The van der Waals surface area contributed by atoms with Crippen molar-refractivity contribution in [3.05, 3.63) is 30.1 Å². The molecule has 0 unspecified atom stereocenters. The number of benzene rings is 1. The van der Waals surface area contributed by atoms with E-state index in [9.17, 15) is 22.4 Å². The van der Waals surface area contributed by atoms with Crippen molar-refractivity contribution in [2.45, 2.75) is 43.0 Å². The quantitative estimate of drug-likeness (QED) is 0.779. The Kier molecular flexibility index (Phi) is 6.11. The molecule has 1 N–H and O–H groups in total. The molecule has 0 bridgehead atoms. The molecule has 1 aromatic carbocycles. The van der Waals surface area contributed by atoms with E-state index in [1.54, 1.807) is 4.90 Å². The summed E-state index contributed by atoms with van der Waals surface area (Å²) in [6, 6.07) is 3.77. The van der Waals surface area contributed by atoms with Gasteiger partial charge >= 0.3 is 0 Å². The topological polar surface area (TPSA) is 86.8 Å². The Labute approximate surface area is 158 Å². The van der Waals surface area contributed by atoms with Gasteiger partial charge in [0, 0.05) is 32.6 Å². The second kappa shape index (κ2) is 8.35. The maximum Gasteiger partial charge on any atom is 0.243 e. The lowest BCUT2D eigenvalue weighted by molar-refractivity contribution is -0.130. The van der Waals surface area contributed by atoms with Crippen molar-refractivity contribution < 1.29 is 22.4 Å². The fourth-order valence-corrected chi connectivity index (χ4v) is 5.22. The average Bonchev–Trinajstić information content (AvgIpc) is 3.34. The van der Waals surface area contributed by atoms with Gasteiger partial charge in [0.1, 0.15) is 11.9 Å². The molecule has 7 nitrogen and oxygen atoms in total. The van der Waals surface area contributed by atoms with Crippen molar-refractivity contribution in [3.63, 3.8) is 0 Å². The van der Waals surface area contributed by atoms with Gasteiger partial charge in [-0.3, -0.25) is 9.59 Å². The fourth-order valence-electron chi connectivity index (χ4n) is 3.57. The smallest absolute Gasteiger partial charge is 0.243 e. The summed E-state index contributed by atoms with van der Waals surface area (Å²) in [4.78, 5) is 26.3. The standard InChI is InChI=1S/C18H24FN3O4S/c19-14-5-7-15(8-6-14)27(25,26)22-13-3-4-16(22)18(24)20-10-9-17(23)21-11-1-2-12-21/h5-8,16H,1-4,9-13H2,(H,20,24)/t16-/m0/s1. The van der Waals surface area contributed by atoms with Crippen molar-refractivity contribution in [2.75, 3.05) is 26.2 Å². The zero-order valence-electron chi connectivity index (χ0n) is 15.1. The zero-order valence-corrected chi connectivity index (χ0v) is 15.9. The lowest BCUT2D eigenvalue weighted by Gasteiger charge is -2.23. The Balaban J connectivity index is 1.59. The SMILES string of the molecule is O=C(NCCC(=O)N1CCCC1)[C@@H]1CCCN1S(=O)(=O)c1ccc(F)cc1. The third-order valence-corrected chi connectivity index (χ3v) is 6.95. The Morgan fingerprint density at radius 1 is 1.07 bits per heavy atom. The molecule has 2 aliphatic rings. The van der Waals surface area contributed by atoms with E-state index in [2.05, 4.69) is 5.32 Å². The first-order chi connectivity index (χ1) is 12.9. The number of carbonyl (C=O) groups excluding carboxylic acids is 2. The highest BCUT2D eigenvalue weighted by Crippen LogP contribution is 2.26. The minimum atomic E-state index is -3.87. The van der Waals surface area contributed by atoms with Gasteiger partial charge in [-0.2, -0.15) is 4.31 Å². The highest BCUT2D eigenvalue weighted by atomic mass is 32.2. The summed E-state index contributed by atoms with van der Waals surface area (Å²) < 4.78 is 39.8. The number of hydrogen-bond acceptors (Lipinski definition) is 4. The average molecular weight is 397 g/mol. The predicted molar refractivity (Wildman–Crippen MR) is 96.8 cm³/mol. The Morgan fingerprint density at radius 3 is 2.41 bits per heavy atom. The Morgan fingerprint density at radius 2 is 1.74 bits per heavy atom. The second-order valence-corrected chi connectivity index (χ2v) is 8.75. The van der Waals surface area contributed by atoms with Crippen LogP contribution < -0.4 is 5.32 Å². The molecule has 1 aromatic rings. The number of amides is 2. The zero-order chi connectivity index (χ0) is 19.4. The lowest BCUT2D eigenvalue weighted by atomic mass is 10.2. The molecule has 0 saturated carbocycles. The van der Waals surface area contributed by atoms with Crippen LogP contribution in [0.25, 0.3) is 0 Å². The molecule has 2 fully saturated rings. The Hall–Kier alpha value is -2.00. The Bertz CT molecular complexity index is 791. The normalized spacial score (nSPS) is 20.8. The number of sulfonamides is 1. The van der Waals surface area contributed by atoms with Crippen LogP contribution in [0.15, 0.2) is 29.2 Å². The maximum atomic E-state index is 13.1. The molecule has 2 amide bonds. The molecule has 0 spiro atoms. The van der Waals surface area contributed by atoms with Gasteiger partial charge in [0.25, 0.3) is 0 Å². The number of nitrogens with zero attached hydrogens (tertiary/aromatic N) is 2. The van der Waals surface area contributed by atoms with Gasteiger partial charge in [-0.1, -0.05) is 0 Å². The van der Waals surface area contributed by atoms with Crippen LogP contribution in [-0.2, 0) is 19.6 Å². The number of hydrogen-bond donors (Lipinski definition) is 1. The molecule has 1 atom stereocenters. The molecule has 9 heteroatoms. The van der Waals surface area contributed by atoms with E-state index in [0.29, 0.717) is 12.8 Å². The molecule has 0 aliphatic carbocycles. The van der Waals surface area contributed by atoms with Gasteiger partial charge < -0.3 is 10.2 Å². The van der Waals surface area contributed by atoms with Crippen LogP contribution in [0.1, 0.15) is 32.1 Å². The molecule has 3 rings (SSSR count). The first kappa shape index (κ1) is 19.8. The van der Waals surface area contributed by atoms with E-state index in [1.807, 2.05) is 0 Å². The molecule has 0 aromatic heterocycles. The molecular weight excluding hydrogens is 373 g/mol. The predicted octanol–water partition coefficient (Wildman–Crippen LogP) is 1.11. The molecule has 0 radical (unpaired) electrons. The third kappa shape index (κ3) is 4.47. The lowest BCUT2D eigenvalue weighted by Crippen LogP contribution is -2.46. The van der Waals surface area contributed by atoms with E-state index in [1.165, 1.54) is 12.1 Å². The monoisotopic (exact) mass is 397 g/mol. The number of halogens is 1. The van der Waals surface area contributed by atoms with Crippen molar-refractivity contribution >= 4 is 21.8 Å². The summed E-state index contributed by atoms with van der Waals surface area (Å²) in [5, 5.41) is 2.69. The second-order valence-electron chi connectivity index (χ2n) is 6.86. The molecule has 2 saturated heterocycles. The molecule has 2 heterocycles. The minimum absolute atomic E-state index is 0.00927. The minimum Gasteiger partial charge on any atom is -0.354 e. The molecule has 27 heavy (non-hydrogen) atoms. The van der Waals surface area contributed by atoms with Crippen molar-refractivity contribution in [3.8, 4) is 0 Å². The van der Waals surface area contributed by atoms with Gasteiger partial charge in [0.2, 0.25) is 21.8 Å². The number of carbonyl (C=O) groups is 2. The highest BCUT2D eigenvalue weighted by Gasteiger charge is 2.39. The first-order valence-electron chi connectivity index (χ1n) is 9.22. The van der Waals surface area contributed by atoms with Gasteiger partial charge in [0.15, 0.2) is 0 Å². The van der Waals surface area contributed by atoms with Gasteiger partial charge in [0.05, 0.1) is 4.90 Å². The molecule has 148 valence electrons. The summed E-state index contributed by atoms with van der Waals surface area (Å²) >= 11 is 0. The van der Waals surface area contributed by atoms with E-state index < -0.39 is 27.8 Å². The van der Waals surface area contributed by atoms with Crippen LogP contribution in [-0.4, -0.2) is 61.7 Å². The number of likely N-dealkylation sites (tertiary alicyclic amines) is 1. The van der Waals surface area contributed by atoms with Gasteiger partial charge in [-0.25, -0.2) is 12.8 Å². The van der Waals surface area contributed by atoms with Crippen LogP contribution in [0.2, 0.25) is 0 Å². The van der Waals surface area contributed by atoms with Crippen LogP contribution in [0.3, 0.4) is 0 Å². The summed E-state index contributed by atoms with van der Waals surface area (Å²) in [6.07, 6.45) is 3.23. The van der Waals surface area contributed by atoms with E-state index in [0.717, 1.165) is 42.4 Å². The highest BCUT2D eigenvalue weighted by molar-refractivity contribution is 7.89. The van der Waals surface area contributed by atoms with Gasteiger partial charge in [-0.15, -0.1) is 0 Å². The summed E-state index contributed by atoms with van der Waals surface area (Å²) in [6.45, 7) is 1.96. The number of rotatable bonds is 6. The summed E-state index contributed by atoms with van der Waals surface area (Å²) in [5.41, 5.74) is 0. The van der Waals surface area contributed by atoms with Crippen LogP contribution in [0, 0.1) is 5.82 Å². The van der Waals surface area contributed by atoms with Crippen LogP contribution in [0.5, 0.6) is 0 Å². The summed E-state index contributed by atoms with van der Waals surface area (Å²) in [5.74, 6) is -0.908. The fraction of sp³-hybridized carbons (Fsp3) is 0.556. The molecule has 2 aliphatic heterocycles. The number of nitrogens with one attached hydrogen (secondary N) is 1. The summed E-state index contributed by atoms with van der Waals surface area (Å²) in [7, 11) is -3.87.